The van der Waals surface area contributed by atoms with Gasteiger partial charge in [0, 0.05) is 30.1 Å². The molecule has 2 amide bonds. The van der Waals surface area contributed by atoms with Gasteiger partial charge in [-0.1, -0.05) is 16.9 Å². The SMILES string of the molecule is CO/N=C(\C(=O)NC1C(=O)N2C(C(=O)O)=C(CSc3nc4c(o3)C=CN(C)C4)CS[C@H]12)c1csc(N)n1. The van der Waals surface area contributed by atoms with Crippen molar-refractivity contribution >= 4 is 69.6 Å². The summed E-state index contributed by atoms with van der Waals surface area (Å²) in [4.78, 5) is 54.5. The van der Waals surface area contributed by atoms with Crippen molar-refractivity contribution in [3.8, 4) is 0 Å². The number of carboxylic acids is 1. The largest absolute Gasteiger partial charge is 0.477 e. The first-order valence-corrected chi connectivity index (χ1v) is 13.7. The maximum absolute atomic E-state index is 13.0. The Kier molecular flexibility index (Phi) is 6.87. The van der Waals surface area contributed by atoms with Gasteiger partial charge in [0.15, 0.2) is 16.6 Å². The number of fused-ring (bicyclic) bond motifs is 2. The summed E-state index contributed by atoms with van der Waals surface area (Å²) in [6.07, 6.45) is 3.73. The van der Waals surface area contributed by atoms with Gasteiger partial charge in [-0.15, -0.1) is 23.1 Å². The molecule has 0 bridgehead atoms. The van der Waals surface area contributed by atoms with E-state index >= 15 is 0 Å². The minimum absolute atomic E-state index is 0.0826. The summed E-state index contributed by atoms with van der Waals surface area (Å²) in [5, 5.41) is 17.9. The summed E-state index contributed by atoms with van der Waals surface area (Å²) >= 11 is 3.77. The minimum Gasteiger partial charge on any atom is -0.477 e. The van der Waals surface area contributed by atoms with Crippen LogP contribution in [0.2, 0.25) is 0 Å². The van der Waals surface area contributed by atoms with E-state index in [9.17, 15) is 19.5 Å². The molecule has 37 heavy (non-hydrogen) atoms. The lowest BCUT2D eigenvalue weighted by molar-refractivity contribution is -0.150. The molecule has 5 rings (SSSR count). The highest BCUT2D eigenvalue weighted by molar-refractivity contribution is 8.01. The van der Waals surface area contributed by atoms with Gasteiger partial charge in [-0.2, -0.15) is 0 Å². The number of oxazole rings is 1. The van der Waals surface area contributed by atoms with Crippen LogP contribution in [0.25, 0.3) is 6.08 Å². The Morgan fingerprint density at radius 2 is 2.24 bits per heavy atom. The lowest BCUT2D eigenvalue weighted by Crippen LogP contribution is -2.71. The topological polar surface area (TPSA) is 176 Å². The second kappa shape index (κ2) is 10.1. The molecular formula is C21H21N7O6S3. The van der Waals surface area contributed by atoms with Crippen molar-refractivity contribution < 1.29 is 28.7 Å². The van der Waals surface area contributed by atoms with Crippen molar-refractivity contribution in [1.82, 2.24) is 25.1 Å². The van der Waals surface area contributed by atoms with E-state index in [1.165, 1.54) is 35.5 Å². The molecular weight excluding hydrogens is 542 g/mol. The standard InChI is InChI=1S/C21H21N7O6S3/c1-27-4-3-12-10(5-27)24-21(34-12)37-7-9-6-35-18-14(17(30)28(18)15(9)19(31)32)25-16(29)13(26-33-2)11-8-36-20(22)23-11/h3-4,8,14,18H,5-7H2,1-2H3,(H2,22,23)(H,25,29)(H,31,32)/b26-13-/t14?,18-/m1/s1. The molecule has 0 spiro atoms. The molecule has 4 N–H and O–H groups in total. The van der Waals surface area contributed by atoms with Gasteiger partial charge in [-0.05, 0) is 11.6 Å². The molecule has 5 heterocycles. The summed E-state index contributed by atoms with van der Waals surface area (Å²) in [6.45, 7) is 0.624. The molecule has 0 aromatic carbocycles. The van der Waals surface area contributed by atoms with Gasteiger partial charge in [0.2, 0.25) is 0 Å². The average Bonchev–Trinajstić information content (AvgIpc) is 3.48. The van der Waals surface area contributed by atoms with Crippen LogP contribution in [0, 0.1) is 0 Å². The van der Waals surface area contributed by atoms with Crippen LogP contribution in [-0.4, -0.2) is 85.4 Å². The molecule has 13 nitrogen and oxygen atoms in total. The van der Waals surface area contributed by atoms with E-state index in [1.54, 1.807) is 5.38 Å². The zero-order valence-corrected chi connectivity index (χ0v) is 22.0. The van der Waals surface area contributed by atoms with E-state index < -0.39 is 29.2 Å². The number of oxime groups is 1. The lowest BCUT2D eigenvalue weighted by atomic mass is 10.0. The first-order valence-electron chi connectivity index (χ1n) is 10.8. The van der Waals surface area contributed by atoms with Crippen molar-refractivity contribution in [2.24, 2.45) is 5.16 Å². The van der Waals surface area contributed by atoms with Gasteiger partial charge < -0.3 is 30.3 Å². The second-order valence-corrected chi connectivity index (χ2v) is 11.0. The first kappa shape index (κ1) is 25.2. The Labute approximate surface area is 222 Å². The number of hydrogen-bond donors (Lipinski definition) is 3. The molecule has 0 aliphatic carbocycles. The summed E-state index contributed by atoms with van der Waals surface area (Å²) < 4.78 is 5.77. The summed E-state index contributed by atoms with van der Waals surface area (Å²) in [7, 11) is 3.21. The number of nitrogen functional groups attached to an aromatic ring is 1. The van der Waals surface area contributed by atoms with Crippen molar-refractivity contribution in [2.75, 3.05) is 31.4 Å². The quantitative estimate of drug-likeness (QED) is 0.180. The van der Waals surface area contributed by atoms with Gasteiger partial charge >= 0.3 is 5.97 Å². The molecule has 1 saturated heterocycles. The van der Waals surface area contributed by atoms with Crippen LogP contribution in [0.15, 0.2) is 37.6 Å². The van der Waals surface area contributed by atoms with Crippen molar-refractivity contribution in [1.29, 1.82) is 0 Å². The highest BCUT2D eigenvalue weighted by Gasteiger charge is 2.54. The van der Waals surface area contributed by atoms with Crippen LogP contribution in [-0.2, 0) is 25.8 Å². The van der Waals surface area contributed by atoms with E-state index in [1.807, 2.05) is 24.2 Å². The van der Waals surface area contributed by atoms with Gasteiger partial charge in [-0.25, -0.2) is 14.8 Å². The van der Waals surface area contributed by atoms with Gasteiger partial charge in [0.25, 0.3) is 17.0 Å². The molecule has 2 aromatic rings. The van der Waals surface area contributed by atoms with E-state index in [0.29, 0.717) is 28.9 Å². The van der Waals surface area contributed by atoms with Gasteiger partial charge in [0.1, 0.15) is 35.6 Å². The summed E-state index contributed by atoms with van der Waals surface area (Å²) in [5.74, 6) is -1.09. The molecule has 1 unspecified atom stereocenters. The number of carbonyl (C=O) groups is 3. The number of nitrogens with one attached hydrogen (secondary N) is 1. The number of amides is 2. The molecule has 2 atom stereocenters. The third-order valence-corrected chi connectivity index (χ3v) is 8.58. The molecule has 0 radical (unpaired) electrons. The van der Waals surface area contributed by atoms with Crippen molar-refractivity contribution in [3.63, 3.8) is 0 Å². The normalized spacial score (nSPS) is 20.9. The Balaban J connectivity index is 1.29. The number of carbonyl (C=O) groups excluding carboxylic acids is 2. The fraction of sp³-hybridized carbons (Fsp3) is 0.333. The van der Waals surface area contributed by atoms with Crippen molar-refractivity contribution in [3.05, 3.63) is 40.0 Å². The number of thiazole rings is 1. The maximum Gasteiger partial charge on any atom is 0.352 e. The molecule has 1 fully saturated rings. The van der Waals surface area contributed by atoms with Crippen LogP contribution >= 0.6 is 34.9 Å². The van der Waals surface area contributed by atoms with E-state index in [0.717, 1.165) is 17.0 Å². The Hall–Kier alpha value is -3.50. The van der Waals surface area contributed by atoms with E-state index in [-0.39, 0.29) is 28.0 Å². The number of thioether (sulfide) groups is 2. The van der Waals surface area contributed by atoms with Gasteiger partial charge in [0.05, 0.1) is 6.54 Å². The molecule has 3 aliphatic rings. The number of aromatic nitrogens is 2. The predicted octanol–water partition coefficient (Wildman–Crippen LogP) is 1.01. The number of anilines is 1. The number of carboxylic acid groups (broad SMARTS) is 1. The van der Waals surface area contributed by atoms with Gasteiger partial charge in [-0.3, -0.25) is 14.5 Å². The molecule has 16 heteroatoms. The van der Waals surface area contributed by atoms with Crippen LogP contribution in [0.4, 0.5) is 5.13 Å². The third kappa shape index (κ3) is 4.78. The number of aliphatic carboxylic acids is 1. The summed E-state index contributed by atoms with van der Waals surface area (Å²) in [5.41, 5.74) is 7.02. The maximum atomic E-state index is 13.0. The van der Waals surface area contributed by atoms with E-state index in [4.69, 9.17) is 15.0 Å². The number of rotatable bonds is 8. The zero-order valence-electron chi connectivity index (χ0n) is 19.5. The second-order valence-electron chi connectivity index (χ2n) is 8.12. The monoisotopic (exact) mass is 563 g/mol. The smallest absolute Gasteiger partial charge is 0.352 e. The average molecular weight is 564 g/mol. The van der Waals surface area contributed by atoms with Crippen LogP contribution in [0.5, 0.6) is 0 Å². The number of nitrogens with two attached hydrogens (primary N) is 1. The number of β-lactam (4-membered cyclic amide) rings is 1. The van der Waals surface area contributed by atoms with E-state index in [2.05, 4.69) is 20.4 Å². The number of nitrogens with zero attached hydrogens (tertiary/aromatic N) is 5. The Morgan fingerprint density at radius 1 is 1.43 bits per heavy atom. The minimum atomic E-state index is -1.21. The summed E-state index contributed by atoms with van der Waals surface area (Å²) in [6, 6.07) is -0.929. The van der Waals surface area contributed by atoms with Crippen LogP contribution < -0.4 is 11.1 Å². The lowest BCUT2D eigenvalue weighted by Gasteiger charge is -2.49. The Morgan fingerprint density at radius 3 is 2.95 bits per heavy atom. The van der Waals surface area contributed by atoms with Crippen LogP contribution in [0.1, 0.15) is 17.1 Å². The molecule has 3 aliphatic heterocycles. The fourth-order valence-electron chi connectivity index (χ4n) is 3.98. The Bertz CT molecular complexity index is 1370. The fourth-order valence-corrected chi connectivity index (χ4v) is 6.86. The first-order chi connectivity index (χ1) is 17.8. The molecule has 2 aromatic heterocycles. The van der Waals surface area contributed by atoms with Crippen LogP contribution in [0.3, 0.4) is 0 Å². The molecule has 0 saturated carbocycles. The third-order valence-electron chi connectivity index (χ3n) is 5.66. The van der Waals surface area contributed by atoms with Crippen molar-refractivity contribution in [2.45, 2.75) is 23.2 Å². The highest BCUT2D eigenvalue weighted by atomic mass is 32.2. The predicted molar refractivity (Wildman–Crippen MR) is 137 cm³/mol. The highest BCUT2D eigenvalue weighted by Crippen LogP contribution is 2.41. The molecule has 194 valence electrons. The zero-order chi connectivity index (χ0) is 26.3. The number of hydrogen-bond acceptors (Lipinski definition) is 13.